The minimum Gasteiger partial charge on any atom is -0.310 e. The number of hydrogen-bond donors (Lipinski definition) is 0. The van der Waals surface area contributed by atoms with E-state index in [-0.39, 0.29) is 0 Å². The summed E-state index contributed by atoms with van der Waals surface area (Å²) in [5.41, 5.74) is 18.9. The summed E-state index contributed by atoms with van der Waals surface area (Å²) in [4.78, 5) is 4.90. The number of rotatable bonds is 7. The van der Waals surface area contributed by atoms with E-state index in [9.17, 15) is 0 Å². The van der Waals surface area contributed by atoms with Gasteiger partial charge >= 0.3 is 0 Å². The molecule has 1 atom stereocenters. The Hall–Kier alpha value is -7.94. The molecule has 0 radical (unpaired) electrons. The highest BCUT2D eigenvalue weighted by Gasteiger charge is 2.54. The SMILES string of the molecule is c1ccc(-c2ccc(N(c3ccccc3)c3cc4ccccc4c4c3-c3ccccc3C43c4ccccc4-c4c(N(c5ccccc5)c5ccccc5)cccc43)cc2)cc1. The summed E-state index contributed by atoms with van der Waals surface area (Å²) >= 11 is 0. The highest BCUT2D eigenvalue weighted by Crippen LogP contribution is 2.67. The largest absolute Gasteiger partial charge is 0.310 e. The van der Waals surface area contributed by atoms with E-state index < -0.39 is 5.41 Å². The van der Waals surface area contributed by atoms with Crippen LogP contribution >= 0.6 is 0 Å². The zero-order chi connectivity index (χ0) is 40.3. The lowest BCUT2D eigenvalue weighted by atomic mass is 9.69. The summed E-state index contributed by atoms with van der Waals surface area (Å²) in [5.74, 6) is 0. The van der Waals surface area contributed by atoms with Crippen LogP contribution < -0.4 is 9.80 Å². The van der Waals surface area contributed by atoms with Gasteiger partial charge in [-0.25, -0.2) is 0 Å². The van der Waals surface area contributed by atoms with Gasteiger partial charge in [0, 0.05) is 33.9 Å². The Balaban J connectivity index is 1.18. The van der Waals surface area contributed by atoms with Gasteiger partial charge in [0.2, 0.25) is 0 Å². The van der Waals surface area contributed by atoms with Crippen LogP contribution in [0, 0.1) is 0 Å². The summed E-state index contributed by atoms with van der Waals surface area (Å²) in [5, 5.41) is 2.48. The van der Waals surface area contributed by atoms with Gasteiger partial charge in [0.05, 0.1) is 16.8 Å². The molecule has 0 bridgehead atoms. The molecule has 0 saturated carbocycles. The standard InChI is InChI=1S/C59H40N2/c1-5-20-41(21-6-1)42-36-38-47(39-37-42)61(46-27-11-4-12-28-46)55-40-43-22-13-14-29-48(43)58-57(55)50-31-16-18-33-52(50)59(58)51-32-17-15-30-49(51)56-53(59)34-19-35-54(56)60(44-23-7-2-8-24-44)45-25-9-3-10-26-45/h1-40H. The summed E-state index contributed by atoms with van der Waals surface area (Å²) < 4.78 is 0. The van der Waals surface area contributed by atoms with E-state index >= 15 is 0 Å². The predicted octanol–water partition coefficient (Wildman–Crippen LogP) is 15.8. The van der Waals surface area contributed by atoms with Gasteiger partial charge in [-0.15, -0.1) is 0 Å². The molecule has 0 fully saturated rings. The fourth-order valence-corrected chi connectivity index (χ4v) is 10.4. The highest BCUT2D eigenvalue weighted by molar-refractivity contribution is 6.11. The molecule has 2 heteroatoms. The number of benzene rings is 10. The van der Waals surface area contributed by atoms with Gasteiger partial charge in [-0.3, -0.25) is 0 Å². The van der Waals surface area contributed by atoms with E-state index in [0.717, 1.165) is 34.1 Å². The lowest BCUT2D eigenvalue weighted by Gasteiger charge is -2.34. The Labute approximate surface area is 356 Å². The number of fused-ring (bicyclic) bond motifs is 12. The van der Waals surface area contributed by atoms with Crippen LogP contribution in [0.2, 0.25) is 0 Å². The van der Waals surface area contributed by atoms with Crippen LogP contribution in [0.4, 0.5) is 34.1 Å². The average Bonchev–Trinajstić information content (AvgIpc) is 3.82. The van der Waals surface area contributed by atoms with Crippen LogP contribution in [0.3, 0.4) is 0 Å². The molecule has 0 heterocycles. The van der Waals surface area contributed by atoms with Gasteiger partial charge in [0.1, 0.15) is 0 Å². The molecule has 0 saturated heterocycles. The van der Waals surface area contributed by atoms with Crippen molar-refractivity contribution in [2.45, 2.75) is 5.41 Å². The van der Waals surface area contributed by atoms with Gasteiger partial charge < -0.3 is 9.80 Å². The zero-order valence-electron chi connectivity index (χ0n) is 33.5. The Bertz CT molecular complexity index is 3190. The van der Waals surface area contributed by atoms with Crippen molar-refractivity contribution in [2.24, 2.45) is 0 Å². The monoisotopic (exact) mass is 776 g/mol. The van der Waals surface area contributed by atoms with E-state index in [4.69, 9.17) is 0 Å². The number of nitrogens with zero attached hydrogens (tertiary/aromatic N) is 2. The molecule has 10 aromatic carbocycles. The van der Waals surface area contributed by atoms with Crippen LogP contribution in [-0.2, 0) is 5.41 Å². The molecule has 12 rings (SSSR count). The Morgan fingerprint density at radius 1 is 0.295 bits per heavy atom. The third-order valence-corrected chi connectivity index (χ3v) is 12.8. The smallest absolute Gasteiger partial charge is 0.0733 e. The second kappa shape index (κ2) is 14.1. The van der Waals surface area contributed by atoms with Crippen molar-refractivity contribution in [3.63, 3.8) is 0 Å². The maximum atomic E-state index is 2.47. The Kier molecular flexibility index (Phi) is 8.11. The zero-order valence-corrected chi connectivity index (χ0v) is 33.5. The van der Waals surface area contributed by atoms with Crippen LogP contribution in [0.25, 0.3) is 44.2 Å². The third-order valence-electron chi connectivity index (χ3n) is 12.8. The topological polar surface area (TPSA) is 6.48 Å². The first-order valence-electron chi connectivity index (χ1n) is 21.1. The van der Waals surface area contributed by atoms with Crippen LogP contribution in [0.1, 0.15) is 22.3 Å². The number of hydrogen-bond acceptors (Lipinski definition) is 2. The van der Waals surface area contributed by atoms with Crippen LogP contribution in [0.15, 0.2) is 243 Å². The number of anilines is 6. The first-order chi connectivity index (χ1) is 30.3. The van der Waals surface area contributed by atoms with Gasteiger partial charge in [-0.2, -0.15) is 0 Å². The van der Waals surface area contributed by atoms with Gasteiger partial charge in [-0.05, 0) is 116 Å². The molecule has 10 aromatic rings. The molecule has 0 N–H and O–H groups in total. The molecular formula is C59H40N2. The second-order valence-corrected chi connectivity index (χ2v) is 16.0. The fourth-order valence-electron chi connectivity index (χ4n) is 10.4. The summed E-state index contributed by atoms with van der Waals surface area (Å²) in [6.07, 6.45) is 0. The Morgan fingerprint density at radius 3 is 1.34 bits per heavy atom. The first-order valence-corrected chi connectivity index (χ1v) is 21.1. The maximum Gasteiger partial charge on any atom is 0.0733 e. The fraction of sp³-hybridized carbons (Fsp3) is 0.0169. The molecule has 2 aliphatic carbocycles. The molecule has 286 valence electrons. The van der Waals surface area contributed by atoms with Crippen LogP contribution in [-0.4, -0.2) is 0 Å². The molecule has 2 aliphatic rings. The van der Waals surface area contributed by atoms with E-state index in [2.05, 4.69) is 252 Å². The minimum absolute atomic E-state index is 0.595. The van der Waals surface area contributed by atoms with E-state index in [0.29, 0.717) is 0 Å². The molecule has 1 spiro atoms. The van der Waals surface area contributed by atoms with Crippen molar-refractivity contribution in [1.82, 2.24) is 0 Å². The molecular weight excluding hydrogens is 737 g/mol. The summed E-state index contributed by atoms with van der Waals surface area (Å²) in [7, 11) is 0. The maximum absolute atomic E-state index is 2.47. The lowest BCUT2D eigenvalue weighted by Crippen LogP contribution is -2.26. The minimum atomic E-state index is -0.595. The van der Waals surface area contributed by atoms with E-state index in [1.54, 1.807) is 0 Å². The second-order valence-electron chi connectivity index (χ2n) is 16.0. The molecule has 1 unspecified atom stereocenters. The predicted molar refractivity (Wildman–Crippen MR) is 255 cm³/mol. The van der Waals surface area contributed by atoms with Gasteiger partial charge in [0.15, 0.2) is 0 Å². The molecule has 0 amide bonds. The van der Waals surface area contributed by atoms with Crippen molar-refractivity contribution < 1.29 is 0 Å². The van der Waals surface area contributed by atoms with Gasteiger partial charge in [0.25, 0.3) is 0 Å². The van der Waals surface area contributed by atoms with E-state index in [1.807, 2.05) is 0 Å². The number of para-hydroxylation sites is 3. The van der Waals surface area contributed by atoms with E-state index in [1.165, 1.54) is 66.4 Å². The van der Waals surface area contributed by atoms with Crippen molar-refractivity contribution in [3.8, 4) is 33.4 Å². The summed E-state index contributed by atoms with van der Waals surface area (Å²) in [6.45, 7) is 0. The lowest BCUT2D eigenvalue weighted by molar-refractivity contribution is 0.801. The van der Waals surface area contributed by atoms with Crippen molar-refractivity contribution in [3.05, 3.63) is 265 Å². The summed E-state index contributed by atoms with van der Waals surface area (Å²) in [6, 6.07) is 89.0. The van der Waals surface area contributed by atoms with Crippen molar-refractivity contribution in [1.29, 1.82) is 0 Å². The normalized spacial score (nSPS) is 14.3. The van der Waals surface area contributed by atoms with Crippen molar-refractivity contribution >= 4 is 44.9 Å². The Morgan fingerprint density at radius 2 is 0.738 bits per heavy atom. The average molecular weight is 777 g/mol. The molecule has 2 nitrogen and oxygen atoms in total. The highest BCUT2D eigenvalue weighted by atomic mass is 15.2. The molecule has 0 aliphatic heterocycles. The molecule has 61 heavy (non-hydrogen) atoms. The quantitative estimate of drug-likeness (QED) is 0.159. The first kappa shape index (κ1) is 35.0. The third kappa shape index (κ3) is 5.29. The molecule has 0 aromatic heterocycles. The van der Waals surface area contributed by atoms with Gasteiger partial charge in [-0.1, -0.05) is 182 Å². The van der Waals surface area contributed by atoms with Crippen LogP contribution in [0.5, 0.6) is 0 Å². The van der Waals surface area contributed by atoms with Crippen molar-refractivity contribution in [2.75, 3.05) is 9.80 Å².